The molecule has 3 N–H and O–H groups in total. The van der Waals surface area contributed by atoms with Gasteiger partial charge in [0.15, 0.2) is 0 Å². The Hall–Kier alpha value is -1.66. The maximum atomic E-state index is 12.1. The molecule has 2 aliphatic rings. The van der Waals surface area contributed by atoms with Crippen molar-refractivity contribution in [1.29, 1.82) is 0 Å². The second kappa shape index (κ2) is 6.87. The van der Waals surface area contributed by atoms with Crippen LogP contribution in [0.25, 0.3) is 0 Å². The molecule has 2 saturated heterocycles. The van der Waals surface area contributed by atoms with Crippen LogP contribution in [0.4, 0.5) is 11.5 Å². The van der Waals surface area contributed by atoms with Crippen molar-refractivity contribution in [2.75, 3.05) is 49.5 Å². The number of amides is 1. The molecule has 1 aromatic rings. The predicted octanol–water partition coefficient (Wildman–Crippen LogP) is 0.429. The first kappa shape index (κ1) is 14.3. The lowest BCUT2D eigenvalue weighted by Crippen LogP contribution is -2.43. The van der Waals surface area contributed by atoms with E-state index in [1.807, 2.05) is 12.1 Å². The van der Waals surface area contributed by atoms with E-state index in [9.17, 15) is 4.79 Å². The fraction of sp³-hybridized carbons (Fsp3) is 0.600. The van der Waals surface area contributed by atoms with E-state index in [1.54, 1.807) is 6.20 Å². The number of nitrogens with zero attached hydrogens (tertiary/aromatic N) is 2. The Morgan fingerprint density at radius 2 is 2.19 bits per heavy atom. The summed E-state index contributed by atoms with van der Waals surface area (Å²) < 4.78 is 0. The summed E-state index contributed by atoms with van der Waals surface area (Å²) >= 11 is 0. The molecule has 21 heavy (non-hydrogen) atoms. The van der Waals surface area contributed by atoms with Crippen LogP contribution in [0.1, 0.15) is 12.8 Å². The van der Waals surface area contributed by atoms with E-state index in [-0.39, 0.29) is 5.91 Å². The summed E-state index contributed by atoms with van der Waals surface area (Å²) in [6, 6.07) is 3.97. The van der Waals surface area contributed by atoms with Crippen molar-refractivity contribution in [3.63, 3.8) is 0 Å². The third kappa shape index (κ3) is 3.92. The van der Waals surface area contributed by atoms with E-state index in [0.29, 0.717) is 18.2 Å². The van der Waals surface area contributed by atoms with Crippen LogP contribution in [0.15, 0.2) is 18.3 Å². The number of nitrogens with one attached hydrogen (secondary N) is 3. The van der Waals surface area contributed by atoms with E-state index in [1.165, 1.54) is 0 Å². The van der Waals surface area contributed by atoms with Gasteiger partial charge >= 0.3 is 0 Å². The van der Waals surface area contributed by atoms with Crippen LogP contribution >= 0.6 is 0 Å². The maximum Gasteiger partial charge on any atom is 0.225 e. The quantitative estimate of drug-likeness (QED) is 0.750. The number of carbonyl (C=O) groups is 1. The van der Waals surface area contributed by atoms with Gasteiger partial charge in [-0.3, -0.25) is 4.79 Å². The Bertz CT molecular complexity index is 481. The highest BCUT2D eigenvalue weighted by atomic mass is 16.1. The van der Waals surface area contributed by atoms with Gasteiger partial charge in [-0.1, -0.05) is 0 Å². The number of piperazine rings is 1. The molecule has 0 radical (unpaired) electrons. The fourth-order valence-electron chi connectivity index (χ4n) is 2.95. The molecular formula is C15H23N5O. The summed E-state index contributed by atoms with van der Waals surface area (Å²) in [6.45, 7) is 5.95. The lowest BCUT2D eigenvalue weighted by Gasteiger charge is -2.29. The first-order valence-electron chi connectivity index (χ1n) is 7.73. The van der Waals surface area contributed by atoms with Crippen molar-refractivity contribution in [3.05, 3.63) is 18.3 Å². The van der Waals surface area contributed by atoms with Gasteiger partial charge in [-0.2, -0.15) is 0 Å². The molecule has 114 valence electrons. The Morgan fingerprint density at radius 3 is 2.95 bits per heavy atom. The van der Waals surface area contributed by atoms with Crippen molar-refractivity contribution in [1.82, 2.24) is 15.6 Å². The molecule has 0 bridgehead atoms. The van der Waals surface area contributed by atoms with Crippen LogP contribution in [0.3, 0.4) is 0 Å². The predicted molar refractivity (Wildman–Crippen MR) is 83.5 cm³/mol. The monoisotopic (exact) mass is 289 g/mol. The van der Waals surface area contributed by atoms with Crippen molar-refractivity contribution in [3.8, 4) is 0 Å². The SMILES string of the molecule is O=C(C[C@H]1CCNC1)Nc1cc(N2CCNCC2)ccn1. The first-order chi connectivity index (χ1) is 10.3. The number of aromatic nitrogens is 1. The van der Waals surface area contributed by atoms with Gasteiger partial charge in [-0.05, 0) is 31.5 Å². The molecule has 1 aromatic heterocycles. The molecule has 1 atom stereocenters. The van der Waals surface area contributed by atoms with Gasteiger partial charge in [0, 0.05) is 50.6 Å². The van der Waals surface area contributed by atoms with E-state index >= 15 is 0 Å². The second-order valence-corrected chi connectivity index (χ2v) is 5.75. The summed E-state index contributed by atoms with van der Waals surface area (Å²) in [5.74, 6) is 1.18. The van der Waals surface area contributed by atoms with Crippen molar-refractivity contribution < 1.29 is 4.79 Å². The Labute approximate surface area is 125 Å². The molecule has 6 heteroatoms. The standard InChI is InChI=1S/C15H23N5O/c21-15(9-12-1-3-17-11-12)19-14-10-13(2-4-18-14)20-7-5-16-6-8-20/h2,4,10,12,16-17H,1,3,5-9,11H2,(H,18,19,21)/t12-/m1/s1. The van der Waals surface area contributed by atoms with Crippen LogP contribution in [0.2, 0.25) is 0 Å². The number of hydrogen-bond donors (Lipinski definition) is 3. The minimum absolute atomic E-state index is 0.0636. The number of rotatable bonds is 4. The normalized spacial score (nSPS) is 22.3. The van der Waals surface area contributed by atoms with Gasteiger partial charge in [0.25, 0.3) is 0 Å². The van der Waals surface area contributed by atoms with Gasteiger partial charge in [0.2, 0.25) is 5.91 Å². The van der Waals surface area contributed by atoms with Crippen LogP contribution in [0.5, 0.6) is 0 Å². The zero-order valence-corrected chi connectivity index (χ0v) is 12.3. The van der Waals surface area contributed by atoms with Gasteiger partial charge in [0.1, 0.15) is 5.82 Å². The van der Waals surface area contributed by atoms with Gasteiger partial charge < -0.3 is 20.9 Å². The summed E-state index contributed by atoms with van der Waals surface area (Å²) in [5.41, 5.74) is 1.13. The third-order valence-electron chi connectivity index (χ3n) is 4.13. The molecule has 2 aliphatic heterocycles. The molecule has 2 fully saturated rings. The molecular weight excluding hydrogens is 266 g/mol. The van der Waals surface area contributed by atoms with Crippen molar-refractivity contribution >= 4 is 17.4 Å². The second-order valence-electron chi connectivity index (χ2n) is 5.75. The Kier molecular flexibility index (Phi) is 4.67. The molecule has 6 nitrogen and oxygen atoms in total. The summed E-state index contributed by atoms with van der Waals surface area (Å²) in [7, 11) is 0. The van der Waals surface area contributed by atoms with Crippen LogP contribution in [-0.2, 0) is 4.79 Å². The van der Waals surface area contributed by atoms with Crippen LogP contribution in [-0.4, -0.2) is 50.2 Å². The number of hydrogen-bond acceptors (Lipinski definition) is 5. The van der Waals surface area contributed by atoms with E-state index < -0.39 is 0 Å². The maximum absolute atomic E-state index is 12.1. The topological polar surface area (TPSA) is 69.3 Å². The average molecular weight is 289 g/mol. The van der Waals surface area contributed by atoms with Crippen molar-refractivity contribution in [2.24, 2.45) is 5.92 Å². The zero-order valence-electron chi connectivity index (χ0n) is 12.3. The van der Waals surface area contributed by atoms with E-state index in [0.717, 1.165) is 51.4 Å². The van der Waals surface area contributed by atoms with Crippen LogP contribution < -0.4 is 20.9 Å². The molecule has 0 unspecified atom stereocenters. The number of pyridine rings is 1. The largest absolute Gasteiger partial charge is 0.369 e. The number of anilines is 2. The van der Waals surface area contributed by atoms with Gasteiger partial charge in [-0.15, -0.1) is 0 Å². The molecule has 0 aromatic carbocycles. The third-order valence-corrected chi connectivity index (χ3v) is 4.13. The fourth-order valence-corrected chi connectivity index (χ4v) is 2.95. The summed E-state index contributed by atoms with van der Waals surface area (Å²) in [6.07, 6.45) is 3.43. The van der Waals surface area contributed by atoms with Gasteiger partial charge in [0.05, 0.1) is 0 Å². The average Bonchev–Trinajstić information content (AvgIpc) is 3.01. The summed E-state index contributed by atoms with van der Waals surface area (Å²) in [5, 5.41) is 9.55. The van der Waals surface area contributed by atoms with Crippen molar-refractivity contribution in [2.45, 2.75) is 12.8 Å². The smallest absolute Gasteiger partial charge is 0.225 e. The minimum atomic E-state index is 0.0636. The first-order valence-corrected chi connectivity index (χ1v) is 7.73. The highest BCUT2D eigenvalue weighted by Crippen LogP contribution is 2.19. The van der Waals surface area contributed by atoms with E-state index in [4.69, 9.17) is 0 Å². The molecule has 1 amide bonds. The molecule has 0 saturated carbocycles. The molecule has 0 aliphatic carbocycles. The molecule has 3 rings (SSSR count). The number of carbonyl (C=O) groups excluding carboxylic acids is 1. The molecule has 3 heterocycles. The minimum Gasteiger partial charge on any atom is -0.369 e. The lowest BCUT2D eigenvalue weighted by atomic mass is 10.0. The van der Waals surface area contributed by atoms with Crippen LogP contribution in [0, 0.1) is 5.92 Å². The molecule has 0 spiro atoms. The highest BCUT2D eigenvalue weighted by molar-refractivity contribution is 5.90. The lowest BCUT2D eigenvalue weighted by molar-refractivity contribution is -0.117. The highest BCUT2D eigenvalue weighted by Gasteiger charge is 2.18. The van der Waals surface area contributed by atoms with E-state index in [2.05, 4.69) is 25.8 Å². The summed E-state index contributed by atoms with van der Waals surface area (Å²) in [4.78, 5) is 18.6. The Balaban J connectivity index is 1.58. The Morgan fingerprint density at radius 1 is 1.33 bits per heavy atom. The zero-order chi connectivity index (χ0) is 14.5. The van der Waals surface area contributed by atoms with Gasteiger partial charge in [-0.25, -0.2) is 4.98 Å².